The fourth-order valence-corrected chi connectivity index (χ4v) is 0.697. The highest BCUT2D eigenvalue weighted by Crippen LogP contribution is 2.07. The lowest BCUT2D eigenvalue weighted by molar-refractivity contribution is 0.509. The molecule has 1 atom stereocenters. The molecule has 1 N–H and O–H groups in total. The molecule has 0 aliphatic carbocycles. The predicted octanol–water partition coefficient (Wildman–Crippen LogP) is 4.08. The molecule has 0 saturated carbocycles. The summed E-state index contributed by atoms with van der Waals surface area (Å²) >= 11 is 0. The van der Waals surface area contributed by atoms with Gasteiger partial charge in [-0.15, -0.1) is 0 Å². The molecule has 0 aliphatic heterocycles. The van der Waals surface area contributed by atoms with E-state index in [9.17, 15) is 0 Å². The van der Waals surface area contributed by atoms with Gasteiger partial charge in [0.1, 0.15) is 0 Å². The van der Waals surface area contributed by atoms with Crippen LogP contribution in [0.1, 0.15) is 60.8 Å². The molecule has 13 heavy (non-hydrogen) atoms. The monoisotopic (exact) mass is 189 g/mol. The van der Waals surface area contributed by atoms with Crippen molar-refractivity contribution in [3.8, 4) is 0 Å². The first-order valence-electron chi connectivity index (χ1n) is 5.87. The Morgan fingerprint density at radius 3 is 1.54 bits per heavy atom. The van der Waals surface area contributed by atoms with Gasteiger partial charge in [-0.1, -0.05) is 60.8 Å². The highest BCUT2D eigenvalue weighted by Gasteiger charge is 1.92. The standard InChI is InChI=1S/C7H16.C3H9N.C2H6/c1-4-6-7(3)5-2;1-3-4-2;1-2/h7H,4-6H2,1-3H3;4H,3H2,1-2H3;1-2H3. The molecule has 0 bridgehead atoms. The molecule has 0 amide bonds. The molecule has 84 valence electrons. The van der Waals surface area contributed by atoms with E-state index in [0.717, 1.165) is 12.5 Å². The minimum absolute atomic E-state index is 0.949. The largest absolute Gasteiger partial charge is 0.320 e. The van der Waals surface area contributed by atoms with Crippen LogP contribution in [0, 0.1) is 5.92 Å². The molecule has 0 radical (unpaired) electrons. The van der Waals surface area contributed by atoms with E-state index < -0.39 is 0 Å². The number of rotatable bonds is 4. The van der Waals surface area contributed by atoms with Crippen LogP contribution in [-0.4, -0.2) is 13.6 Å². The maximum Gasteiger partial charge on any atom is -0.00804 e. The Morgan fingerprint density at radius 2 is 1.46 bits per heavy atom. The molecular weight excluding hydrogens is 158 g/mol. The van der Waals surface area contributed by atoms with E-state index in [1.165, 1.54) is 19.3 Å². The molecule has 0 spiro atoms. The maximum atomic E-state index is 2.93. The zero-order valence-corrected chi connectivity index (χ0v) is 10.9. The van der Waals surface area contributed by atoms with Crippen LogP contribution in [0.4, 0.5) is 0 Å². The van der Waals surface area contributed by atoms with Gasteiger partial charge in [-0.3, -0.25) is 0 Å². The number of hydrogen-bond donors (Lipinski definition) is 1. The Hall–Kier alpha value is -0.0400. The van der Waals surface area contributed by atoms with Gasteiger partial charge in [0.15, 0.2) is 0 Å². The van der Waals surface area contributed by atoms with Gasteiger partial charge in [-0.05, 0) is 19.5 Å². The van der Waals surface area contributed by atoms with Gasteiger partial charge in [0.05, 0.1) is 0 Å². The minimum atomic E-state index is 0.949. The molecule has 0 aliphatic rings. The second kappa shape index (κ2) is 22.7. The number of nitrogens with one attached hydrogen (secondary N) is 1. The van der Waals surface area contributed by atoms with Crippen molar-refractivity contribution in [2.75, 3.05) is 13.6 Å². The SMILES string of the molecule is CC.CCCC(C)CC.CCNC. The summed E-state index contributed by atoms with van der Waals surface area (Å²) in [7, 11) is 1.93. The molecule has 0 saturated heterocycles. The van der Waals surface area contributed by atoms with Crippen molar-refractivity contribution in [2.45, 2.75) is 60.8 Å². The summed E-state index contributed by atoms with van der Waals surface area (Å²) in [5.41, 5.74) is 0. The summed E-state index contributed by atoms with van der Waals surface area (Å²) in [6.45, 7) is 13.9. The van der Waals surface area contributed by atoms with Crippen molar-refractivity contribution < 1.29 is 0 Å². The Balaban J connectivity index is -0.000000142. The van der Waals surface area contributed by atoms with Gasteiger partial charge >= 0.3 is 0 Å². The molecule has 1 heteroatoms. The topological polar surface area (TPSA) is 12.0 Å². The third-order valence-corrected chi connectivity index (χ3v) is 1.83. The summed E-state index contributed by atoms with van der Waals surface area (Å²) in [6.07, 6.45) is 4.08. The normalized spacial score (nSPS) is 10.4. The Labute approximate surface area is 86.3 Å². The molecule has 0 rings (SSSR count). The summed E-state index contributed by atoms with van der Waals surface area (Å²) in [6, 6.07) is 0. The summed E-state index contributed by atoms with van der Waals surface area (Å²) in [5, 5.41) is 2.93. The lowest BCUT2D eigenvalue weighted by atomic mass is 10.0. The van der Waals surface area contributed by atoms with Gasteiger partial charge in [-0.25, -0.2) is 0 Å². The van der Waals surface area contributed by atoms with Crippen molar-refractivity contribution in [1.29, 1.82) is 0 Å². The highest BCUT2D eigenvalue weighted by molar-refractivity contribution is 4.45. The zero-order valence-electron chi connectivity index (χ0n) is 10.9. The van der Waals surface area contributed by atoms with Crippen molar-refractivity contribution in [1.82, 2.24) is 5.32 Å². The lowest BCUT2D eigenvalue weighted by Crippen LogP contribution is -2.01. The van der Waals surface area contributed by atoms with Crippen molar-refractivity contribution >= 4 is 0 Å². The zero-order chi connectivity index (χ0) is 11.1. The third-order valence-electron chi connectivity index (χ3n) is 1.83. The Morgan fingerprint density at radius 1 is 1.08 bits per heavy atom. The summed E-state index contributed by atoms with van der Waals surface area (Å²) in [5.74, 6) is 0.949. The average molecular weight is 189 g/mol. The average Bonchev–Trinajstić information content (AvgIpc) is 2.21. The van der Waals surface area contributed by atoms with E-state index in [-0.39, 0.29) is 0 Å². The second-order valence-corrected chi connectivity index (χ2v) is 3.01. The summed E-state index contributed by atoms with van der Waals surface area (Å²) < 4.78 is 0. The molecule has 1 unspecified atom stereocenters. The molecule has 0 aromatic rings. The first kappa shape index (κ1) is 18.7. The summed E-state index contributed by atoms with van der Waals surface area (Å²) in [4.78, 5) is 0. The first-order chi connectivity index (χ1) is 6.22. The van der Waals surface area contributed by atoms with Crippen LogP contribution in [0.5, 0.6) is 0 Å². The van der Waals surface area contributed by atoms with E-state index in [0.29, 0.717) is 0 Å². The Bertz CT molecular complexity index is 51.1. The molecule has 0 heterocycles. The quantitative estimate of drug-likeness (QED) is 0.702. The second-order valence-electron chi connectivity index (χ2n) is 3.01. The molecule has 0 aromatic carbocycles. The van der Waals surface area contributed by atoms with E-state index in [1.807, 2.05) is 20.9 Å². The molecule has 1 nitrogen and oxygen atoms in total. The van der Waals surface area contributed by atoms with Crippen molar-refractivity contribution in [2.24, 2.45) is 5.92 Å². The smallest absolute Gasteiger partial charge is 0.00804 e. The first-order valence-corrected chi connectivity index (χ1v) is 5.87. The van der Waals surface area contributed by atoms with Gasteiger partial charge in [0.2, 0.25) is 0 Å². The molecular formula is C12H31N. The number of hydrogen-bond acceptors (Lipinski definition) is 1. The van der Waals surface area contributed by atoms with Crippen LogP contribution in [0.15, 0.2) is 0 Å². The fraction of sp³-hybridized carbons (Fsp3) is 1.00. The third kappa shape index (κ3) is 33.4. The van der Waals surface area contributed by atoms with Crippen LogP contribution in [0.25, 0.3) is 0 Å². The molecule has 0 aromatic heterocycles. The lowest BCUT2D eigenvalue weighted by Gasteiger charge is -2.02. The Kier molecular flexibility index (Phi) is 32.6. The van der Waals surface area contributed by atoms with Gasteiger partial charge in [0.25, 0.3) is 0 Å². The van der Waals surface area contributed by atoms with Crippen LogP contribution in [0.2, 0.25) is 0 Å². The van der Waals surface area contributed by atoms with Crippen molar-refractivity contribution in [3.05, 3.63) is 0 Å². The minimum Gasteiger partial charge on any atom is -0.320 e. The van der Waals surface area contributed by atoms with Crippen LogP contribution in [-0.2, 0) is 0 Å². The van der Waals surface area contributed by atoms with Crippen LogP contribution < -0.4 is 5.32 Å². The van der Waals surface area contributed by atoms with Gasteiger partial charge < -0.3 is 5.32 Å². The maximum absolute atomic E-state index is 2.93. The van der Waals surface area contributed by atoms with E-state index in [2.05, 4.69) is 33.0 Å². The van der Waals surface area contributed by atoms with E-state index >= 15 is 0 Å². The van der Waals surface area contributed by atoms with Crippen molar-refractivity contribution in [3.63, 3.8) is 0 Å². The van der Waals surface area contributed by atoms with E-state index in [4.69, 9.17) is 0 Å². The predicted molar refractivity (Wildman–Crippen MR) is 65.3 cm³/mol. The van der Waals surface area contributed by atoms with E-state index in [1.54, 1.807) is 0 Å². The highest BCUT2D eigenvalue weighted by atomic mass is 14.8. The van der Waals surface area contributed by atoms with Crippen LogP contribution >= 0.6 is 0 Å². The fourth-order valence-electron chi connectivity index (χ4n) is 0.697. The molecule has 0 fully saturated rings. The van der Waals surface area contributed by atoms with Crippen LogP contribution in [0.3, 0.4) is 0 Å². The van der Waals surface area contributed by atoms with Gasteiger partial charge in [0, 0.05) is 0 Å². The van der Waals surface area contributed by atoms with Gasteiger partial charge in [-0.2, -0.15) is 0 Å².